The number of hydrogen-bond acceptors (Lipinski definition) is 6. The molecule has 1 unspecified atom stereocenters. The van der Waals surface area contributed by atoms with Gasteiger partial charge in [0.25, 0.3) is 0 Å². The van der Waals surface area contributed by atoms with Gasteiger partial charge in [0.15, 0.2) is 11.5 Å². The van der Waals surface area contributed by atoms with E-state index in [1.165, 1.54) is 0 Å². The maximum absolute atomic E-state index is 12.6. The zero-order valence-electron chi connectivity index (χ0n) is 18.4. The van der Waals surface area contributed by atoms with Crippen LogP contribution in [0.2, 0.25) is 0 Å². The first kappa shape index (κ1) is 22.8. The second-order valence-corrected chi connectivity index (χ2v) is 9.66. The van der Waals surface area contributed by atoms with Crippen molar-refractivity contribution in [2.24, 2.45) is 11.8 Å². The highest BCUT2D eigenvalue weighted by Crippen LogP contribution is 2.35. The van der Waals surface area contributed by atoms with Gasteiger partial charge in [0.05, 0.1) is 17.9 Å². The molecule has 2 aliphatic rings. The van der Waals surface area contributed by atoms with Crippen LogP contribution in [0.5, 0.6) is 11.5 Å². The molecular weight excluding hydrogens is 382 g/mol. The topological polar surface area (TPSA) is 84.9 Å². The minimum absolute atomic E-state index is 0.0929. The van der Waals surface area contributed by atoms with Crippen LogP contribution in [-0.2, 0) is 9.59 Å². The van der Waals surface area contributed by atoms with Crippen molar-refractivity contribution in [3.63, 3.8) is 0 Å². The number of aliphatic hydroxyl groups excluding tert-OH is 1. The van der Waals surface area contributed by atoms with Gasteiger partial charge in [0.1, 0.15) is 0 Å². The normalized spacial score (nSPS) is 19.1. The number of ether oxygens (including phenoxy) is 2. The molecule has 30 heavy (non-hydrogen) atoms. The van der Waals surface area contributed by atoms with Gasteiger partial charge in [-0.15, -0.1) is 0 Å². The molecule has 1 atom stereocenters. The minimum Gasteiger partial charge on any atom is -0.422 e. The lowest BCUT2D eigenvalue weighted by Gasteiger charge is -2.23. The summed E-state index contributed by atoms with van der Waals surface area (Å²) in [4.78, 5) is 25.1. The third kappa shape index (κ3) is 6.29. The molecule has 0 aliphatic heterocycles. The first-order chi connectivity index (χ1) is 14.2. The van der Waals surface area contributed by atoms with Crippen LogP contribution in [-0.4, -0.2) is 29.1 Å². The molecule has 0 amide bonds. The van der Waals surface area contributed by atoms with Crippen molar-refractivity contribution in [1.82, 2.24) is 5.32 Å². The summed E-state index contributed by atoms with van der Waals surface area (Å²) in [5.74, 6) is -0.300. The van der Waals surface area contributed by atoms with E-state index in [0.29, 0.717) is 12.1 Å². The van der Waals surface area contributed by atoms with Crippen LogP contribution in [0.1, 0.15) is 83.8 Å². The first-order valence-corrected chi connectivity index (χ1v) is 11.2. The first-order valence-electron chi connectivity index (χ1n) is 11.2. The zero-order valence-corrected chi connectivity index (χ0v) is 18.4. The number of hydrogen-bond donors (Lipinski definition) is 2. The quantitative estimate of drug-likeness (QED) is 0.508. The van der Waals surface area contributed by atoms with Crippen molar-refractivity contribution >= 4 is 11.9 Å². The number of rotatable bonds is 7. The van der Waals surface area contributed by atoms with Crippen LogP contribution < -0.4 is 14.8 Å². The van der Waals surface area contributed by atoms with Crippen LogP contribution in [0.4, 0.5) is 0 Å². The van der Waals surface area contributed by atoms with Gasteiger partial charge < -0.3 is 19.9 Å². The van der Waals surface area contributed by atoms with Crippen LogP contribution in [0.3, 0.4) is 0 Å². The molecule has 0 saturated heterocycles. The van der Waals surface area contributed by atoms with E-state index in [1.807, 2.05) is 20.8 Å². The number of nitrogens with one attached hydrogen (secondary N) is 1. The Hall–Kier alpha value is -1.92. The molecule has 2 fully saturated rings. The Balaban J connectivity index is 1.77. The Labute approximate surface area is 179 Å². The lowest BCUT2D eigenvalue weighted by atomic mass is 10.1. The van der Waals surface area contributed by atoms with Crippen LogP contribution in [0.25, 0.3) is 0 Å². The molecule has 1 aromatic carbocycles. The van der Waals surface area contributed by atoms with Gasteiger partial charge >= 0.3 is 11.9 Å². The number of carbonyl (C=O) groups is 2. The summed E-state index contributed by atoms with van der Waals surface area (Å²) in [6.07, 6.45) is 6.69. The summed E-state index contributed by atoms with van der Waals surface area (Å²) in [7, 11) is 0. The fraction of sp³-hybridized carbons (Fsp3) is 0.667. The molecule has 1 aromatic rings. The minimum atomic E-state index is -0.771. The summed E-state index contributed by atoms with van der Waals surface area (Å²) in [5, 5.41) is 13.9. The van der Waals surface area contributed by atoms with Crippen molar-refractivity contribution in [3.8, 4) is 11.5 Å². The smallest absolute Gasteiger partial charge is 0.314 e. The van der Waals surface area contributed by atoms with E-state index in [9.17, 15) is 14.7 Å². The summed E-state index contributed by atoms with van der Waals surface area (Å²) in [6, 6.07) is 4.97. The van der Waals surface area contributed by atoms with Crippen molar-refractivity contribution in [2.45, 2.75) is 83.8 Å². The van der Waals surface area contributed by atoms with Crippen LogP contribution >= 0.6 is 0 Å². The maximum atomic E-state index is 12.6. The second-order valence-electron chi connectivity index (χ2n) is 9.66. The molecule has 0 heterocycles. The molecule has 2 saturated carbocycles. The average Bonchev–Trinajstić information content (AvgIpc) is 3.40. The average molecular weight is 418 g/mol. The SMILES string of the molecule is CC(C)(C)NCC(O)c1ccc(OC(=O)C2CCCC2)c(OC(=O)C2CCCC2)c1. The van der Waals surface area contributed by atoms with Crippen molar-refractivity contribution in [1.29, 1.82) is 0 Å². The molecule has 166 valence electrons. The van der Waals surface area contributed by atoms with E-state index < -0.39 is 6.10 Å². The Kier molecular flexibility index (Phi) is 7.53. The third-order valence-electron chi connectivity index (χ3n) is 5.98. The van der Waals surface area contributed by atoms with Crippen LogP contribution in [0.15, 0.2) is 18.2 Å². The lowest BCUT2D eigenvalue weighted by molar-refractivity contribution is -0.141. The molecule has 2 aliphatic carbocycles. The fourth-order valence-electron chi connectivity index (χ4n) is 4.12. The van der Waals surface area contributed by atoms with Crippen molar-refractivity contribution in [3.05, 3.63) is 23.8 Å². The summed E-state index contributed by atoms with van der Waals surface area (Å²) in [6.45, 7) is 6.45. The predicted octanol–water partition coefficient (Wildman–Crippen LogP) is 4.30. The highest BCUT2D eigenvalue weighted by atomic mass is 16.6. The largest absolute Gasteiger partial charge is 0.422 e. The molecule has 0 spiro atoms. The summed E-state index contributed by atoms with van der Waals surface area (Å²) in [5.41, 5.74) is 0.483. The van der Waals surface area contributed by atoms with E-state index in [0.717, 1.165) is 51.4 Å². The molecule has 6 heteroatoms. The number of benzene rings is 1. The Morgan fingerprint density at radius 1 is 0.967 bits per heavy atom. The number of esters is 2. The van der Waals surface area contributed by atoms with E-state index in [1.54, 1.807) is 18.2 Å². The Bertz CT molecular complexity index is 742. The summed E-state index contributed by atoms with van der Waals surface area (Å²) >= 11 is 0. The Morgan fingerprint density at radius 3 is 1.97 bits per heavy atom. The van der Waals surface area contributed by atoms with E-state index in [2.05, 4.69) is 5.32 Å². The zero-order chi connectivity index (χ0) is 21.7. The van der Waals surface area contributed by atoms with Gasteiger partial charge in [-0.2, -0.15) is 0 Å². The van der Waals surface area contributed by atoms with Gasteiger partial charge in [-0.25, -0.2) is 0 Å². The predicted molar refractivity (Wildman–Crippen MR) is 114 cm³/mol. The summed E-state index contributed by atoms with van der Waals surface area (Å²) < 4.78 is 11.3. The highest BCUT2D eigenvalue weighted by Gasteiger charge is 2.28. The Morgan fingerprint density at radius 2 is 1.47 bits per heavy atom. The molecule has 3 rings (SSSR count). The standard InChI is InChI=1S/C24H35NO5/c1-24(2,3)25-15-19(26)18-12-13-20(29-22(27)16-8-4-5-9-16)21(14-18)30-23(28)17-10-6-7-11-17/h12-14,16-17,19,25-26H,4-11,15H2,1-3H3. The molecule has 0 radical (unpaired) electrons. The second kappa shape index (κ2) is 9.92. The number of carbonyl (C=O) groups excluding carboxylic acids is 2. The maximum Gasteiger partial charge on any atom is 0.314 e. The van der Waals surface area contributed by atoms with Gasteiger partial charge in [0, 0.05) is 12.1 Å². The third-order valence-corrected chi connectivity index (χ3v) is 5.98. The highest BCUT2D eigenvalue weighted by molar-refractivity contribution is 5.79. The molecule has 6 nitrogen and oxygen atoms in total. The molecule has 0 aromatic heterocycles. The van der Waals surface area contributed by atoms with Gasteiger partial charge in [-0.1, -0.05) is 31.7 Å². The number of aliphatic hydroxyl groups is 1. The van der Waals surface area contributed by atoms with E-state index >= 15 is 0 Å². The molecule has 0 bridgehead atoms. The van der Waals surface area contributed by atoms with Crippen LogP contribution in [0, 0.1) is 11.8 Å². The van der Waals surface area contributed by atoms with Gasteiger partial charge in [-0.3, -0.25) is 9.59 Å². The molecule has 2 N–H and O–H groups in total. The fourth-order valence-corrected chi connectivity index (χ4v) is 4.12. The van der Waals surface area contributed by atoms with Gasteiger partial charge in [0.2, 0.25) is 0 Å². The monoisotopic (exact) mass is 417 g/mol. The van der Waals surface area contributed by atoms with E-state index in [4.69, 9.17) is 9.47 Å². The van der Waals surface area contributed by atoms with Crippen molar-refractivity contribution in [2.75, 3.05) is 6.54 Å². The lowest BCUT2D eigenvalue weighted by Crippen LogP contribution is -2.38. The number of β-amino-alcohol motifs (C(OH)–C–C–N with tert-alkyl or cyclic N) is 1. The molecular formula is C24H35NO5. The van der Waals surface area contributed by atoms with E-state index in [-0.39, 0.29) is 40.8 Å². The van der Waals surface area contributed by atoms with Gasteiger partial charge in [-0.05, 0) is 64.2 Å². The van der Waals surface area contributed by atoms with Crippen molar-refractivity contribution < 1.29 is 24.2 Å².